The highest BCUT2D eigenvalue weighted by Gasteiger charge is 2.33. The first-order valence-corrected chi connectivity index (χ1v) is 6.88. The number of carbonyl (C=O) groups is 1. The van der Waals surface area contributed by atoms with Gasteiger partial charge in [0.2, 0.25) is 0 Å². The van der Waals surface area contributed by atoms with E-state index in [2.05, 4.69) is 10.6 Å². The molecular formula is C17H13N3O2. The van der Waals surface area contributed by atoms with Crippen molar-refractivity contribution in [1.82, 2.24) is 0 Å². The summed E-state index contributed by atoms with van der Waals surface area (Å²) in [5.41, 5.74) is 4.48. The Morgan fingerprint density at radius 2 is 1.77 bits per heavy atom. The molecule has 2 heterocycles. The third-order valence-electron chi connectivity index (χ3n) is 3.93. The molecule has 0 spiro atoms. The van der Waals surface area contributed by atoms with Gasteiger partial charge in [-0.3, -0.25) is 10.2 Å². The van der Waals surface area contributed by atoms with Gasteiger partial charge in [-0.25, -0.2) is 0 Å². The fourth-order valence-corrected chi connectivity index (χ4v) is 2.85. The third kappa shape index (κ3) is 1.65. The van der Waals surface area contributed by atoms with Crippen molar-refractivity contribution in [1.29, 1.82) is 5.41 Å². The summed E-state index contributed by atoms with van der Waals surface area (Å²) in [5.74, 6) is 0.471. The predicted octanol–water partition coefficient (Wildman–Crippen LogP) is 2.85. The lowest BCUT2D eigenvalue weighted by Crippen LogP contribution is -2.11. The van der Waals surface area contributed by atoms with Crippen LogP contribution in [-0.2, 0) is 4.79 Å². The maximum absolute atomic E-state index is 12.4. The number of fused-ring (bicyclic) bond motifs is 2. The van der Waals surface area contributed by atoms with Crippen LogP contribution in [0.5, 0.6) is 5.75 Å². The van der Waals surface area contributed by atoms with Crippen LogP contribution in [0.15, 0.2) is 48.2 Å². The Morgan fingerprint density at radius 3 is 2.55 bits per heavy atom. The van der Waals surface area contributed by atoms with Gasteiger partial charge in [0, 0.05) is 22.5 Å². The van der Waals surface area contributed by atoms with Gasteiger partial charge in [0.25, 0.3) is 5.91 Å². The van der Waals surface area contributed by atoms with Crippen molar-refractivity contribution >= 4 is 28.6 Å². The van der Waals surface area contributed by atoms with E-state index in [4.69, 9.17) is 10.1 Å². The van der Waals surface area contributed by atoms with Crippen LogP contribution in [0, 0.1) is 5.41 Å². The molecule has 0 atom stereocenters. The predicted molar refractivity (Wildman–Crippen MR) is 85.4 cm³/mol. The fourth-order valence-electron chi connectivity index (χ4n) is 2.85. The van der Waals surface area contributed by atoms with Crippen LogP contribution in [0.3, 0.4) is 0 Å². The molecule has 0 bridgehead atoms. The largest absolute Gasteiger partial charge is 0.497 e. The minimum absolute atomic E-state index is 0.205. The molecule has 0 unspecified atom stereocenters. The first-order chi connectivity index (χ1) is 10.7. The minimum atomic E-state index is -0.205. The van der Waals surface area contributed by atoms with Crippen molar-refractivity contribution in [2.75, 3.05) is 17.7 Å². The Labute approximate surface area is 127 Å². The maximum atomic E-state index is 12.4. The highest BCUT2D eigenvalue weighted by atomic mass is 16.5. The number of para-hydroxylation sites is 1. The number of hydrogen-bond donors (Lipinski definition) is 3. The van der Waals surface area contributed by atoms with Crippen LogP contribution >= 0.6 is 0 Å². The Hall–Kier alpha value is -3.08. The van der Waals surface area contributed by atoms with Crippen LogP contribution in [0.2, 0.25) is 0 Å². The monoisotopic (exact) mass is 291 g/mol. The molecule has 22 heavy (non-hydrogen) atoms. The van der Waals surface area contributed by atoms with E-state index >= 15 is 0 Å². The molecule has 2 aromatic carbocycles. The summed E-state index contributed by atoms with van der Waals surface area (Å²) in [7, 11) is 1.59. The van der Waals surface area contributed by atoms with E-state index in [0.29, 0.717) is 22.7 Å². The van der Waals surface area contributed by atoms with Crippen LogP contribution in [0.4, 0.5) is 11.4 Å². The van der Waals surface area contributed by atoms with Crippen molar-refractivity contribution in [3.8, 4) is 5.75 Å². The van der Waals surface area contributed by atoms with Gasteiger partial charge >= 0.3 is 0 Å². The van der Waals surface area contributed by atoms with Crippen molar-refractivity contribution in [2.45, 2.75) is 0 Å². The number of benzene rings is 2. The van der Waals surface area contributed by atoms with Gasteiger partial charge in [0.1, 0.15) is 5.75 Å². The van der Waals surface area contributed by atoms with Crippen LogP contribution in [0.1, 0.15) is 11.1 Å². The zero-order valence-corrected chi connectivity index (χ0v) is 11.9. The van der Waals surface area contributed by atoms with E-state index in [9.17, 15) is 4.79 Å². The number of allylic oxidation sites excluding steroid dienone is 1. The number of methoxy groups -OCH3 is 1. The first-order valence-electron chi connectivity index (χ1n) is 6.88. The zero-order chi connectivity index (χ0) is 15.3. The molecule has 2 aliphatic rings. The molecular weight excluding hydrogens is 278 g/mol. The Morgan fingerprint density at radius 1 is 1.00 bits per heavy atom. The summed E-state index contributed by atoms with van der Waals surface area (Å²) in [5, 5.41) is 14.4. The first kappa shape index (κ1) is 12.6. The van der Waals surface area contributed by atoms with Crippen LogP contribution in [0.25, 0.3) is 5.57 Å². The summed E-state index contributed by atoms with van der Waals surface area (Å²) in [6.45, 7) is 0. The Kier molecular flexibility index (Phi) is 2.56. The van der Waals surface area contributed by atoms with Gasteiger partial charge in [-0.1, -0.05) is 18.2 Å². The van der Waals surface area contributed by atoms with Crippen molar-refractivity contribution < 1.29 is 9.53 Å². The molecule has 3 N–H and O–H groups in total. The molecule has 0 radical (unpaired) electrons. The smallest absolute Gasteiger partial charge is 0.258 e. The second-order valence-electron chi connectivity index (χ2n) is 5.16. The van der Waals surface area contributed by atoms with E-state index in [1.165, 1.54) is 0 Å². The van der Waals surface area contributed by atoms with Gasteiger partial charge in [-0.05, 0) is 24.3 Å². The molecule has 5 nitrogen and oxygen atoms in total. The van der Waals surface area contributed by atoms with Gasteiger partial charge in [-0.2, -0.15) is 0 Å². The number of hydrogen-bond acceptors (Lipinski definition) is 4. The third-order valence-corrected chi connectivity index (χ3v) is 3.93. The lowest BCUT2D eigenvalue weighted by molar-refractivity contribution is -0.110. The summed E-state index contributed by atoms with van der Waals surface area (Å²) >= 11 is 0. The van der Waals surface area contributed by atoms with Gasteiger partial charge in [0.05, 0.1) is 24.1 Å². The van der Waals surface area contributed by atoms with E-state index in [-0.39, 0.29) is 5.91 Å². The Bertz CT molecular complexity index is 868. The molecule has 0 aromatic heterocycles. The summed E-state index contributed by atoms with van der Waals surface area (Å²) < 4.78 is 5.24. The number of amides is 1. The molecule has 4 rings (SSSR count). The van der Waals surface area contributed by atoms with Crippen molar-refractivity contribution in [3.05, 3.63) is 59.3 Å². The molecule has 2 aromatic rings. The lowest BCUT2D eigenvalue weighted by atomic mass is 10.0. The topological polar surface area (TPSA) is 74.2 Å². The van der Waals surface area contributed by atoms with E-state index in [1.807, 2.05) is 36.4 Å². The molecule has 2 aliphatic heterocycles. The quantitative estimate of drug-likeness (QED) is 0.707. The highest BCUT2D eigenvalue weighted by molar-refractivity contribution is 6.39. The standard InChI is InChI=1S/C17H13N3O2/c1-22-9-6-7-13-11(8-9)14(17(21)20-13)16-15(18)10-4-2-3-5-12(10)19-16/h2-8,18-19H,1H3,(H,20,21)/b16-14-,18-15?. The van der Waals surface area contributed by atoms with Gasteiger partial charge < -0.3 is 15.4 Å². The lowest BCUT2D eigenvalue weighted by Gasteiger charge is -2.06. The van der Waals surface area contributed by atoms with Crippen LogP contribution in [-0.4, -0.2) is 18.7 Å². The Balaban J connectivity index is 1.91. The molecule has 0 aliphatic carbocycles. The normalized spacial score (nSPS) is 18.6. The molecule has 5 heteroatoms. The second-order valence-corrected chi connectivity index (χ2v) is 5.16. The van der Waals surface area contributed by atoms with Crippen molar-refractivity contribution in [3.63, 3.8) is 0 Å². The van der Waals surface area contributed by atoms with Gasteiger partial charge in [-0.15, -0.1) is 0 Å². The molecule has 1 amide bonds. The molecule has 108 valence electrons. The zero-order valence-electron chi connectivity index (χ0n) is 11.9. The SMILES string of the molecule is COc1ccc2c(c1)/C(=C1/Nc3ccccc3C1=N)C(=O)N2. The molecule has 0 saturated heterocycles. The number of nitrogens with one attached hydrogen (secondary N) is 3. The summed E-state index contributed by atoms with van der Waals surface area (Å²) in [4.78, 5) is 12.4. The average molecular weight is 291 g/mol. The number of rotatable bonds is 1. The van der Waals surface area contributed by atoms with E-state index in [0.717, 1.165) is 22.5 Å². The number of anilines is 2. The average Bonchev–Trinajstić information content (AvgIpc) is 3.03. The highest BCUT2D eigenvalue weighted by Crippen LogP contribution is 2.39. The summed E-state index contributed by atoms with van der Waals surface area (Å²) in [6.07, 6.45) is 0. The summed E-state index contributed by atoms with van der Waals surface area (Å²) in [6, 6.07) is 13.0. The maximum Gasteiger partial charge on any atom is 0.258 e. The molecule has 0 saturated carbocycles. The van der Waals surface area contributed by atoms with Gasteiger partial charge in [0.15, 0.2) is 0 Å². The number of ether oxygens (including phenoxy) is 1. The van der Waals surface area contributed by atoms with E-state index in [1.54, 1.807) is 13.2 Å². The van der Waals surface area contributed by atoms with E-state index < -0.39 is 0 Å². The second kappa shape index (κ2) is 4.46. The fraction of sp³-hybridized carbons (Fsp3) is 0.0588. The van der Waals surface area contributed by atoms with Crippen LogP contribution < -0.4 is 15.4 Å². The number of carbonyl (C=O) groups excluding carboxylic acids is 1. The van der Waals surface area contributed by atoms with Crippen molar-refractivity contribution in [2.24, 2.45) is 0 Å². The minimum Gasteiger partial charge on any atom is -0.497 e. The molecule has 0 fully saturated rings.